The third kappa shape index (κ3) is 76.2. The fourth-order valence-electron chi connectivity index (χ4n) is 11.2. The fraction of sp³-hybridized carbons (Fsp3) is 0.765. The predicted molar refractivity (Wildman–Crippen MR) is 427 cm³/mol. The lowest BCUT2D eigenvalue weighted by molar-refractivity contribution is -0.161. The number of rotatable bonds is 78. The zero-order valence-electron chi connectivity index (χ0n) is 65.9. The highest BCUT2D eigenvalue weighted by molar-refractivity contribution is 7.47. The summed E-state index contributed by atoms with van der Waals surface area (Å²) in [6.45, 7) is 4.69. The number of hydrogen-bond acceptors (Lipinski definition) is 15. The largest absolute Gasteiger partial charge is 0.472 e. The summed E-state index contributed by atoms with van der Waals surface area (Å²) in [5.41, 5.74) is 0. The molecule has 0 aromatic heterocycles. The molecule has 3 N–H and O–H groups in total. The molecule has 0 radical (unpaired) electrons. The second-order valence-electron chi connectivity index (χ2n) is 27.7. The maximum atomic E-state index is 13.1. The van der Waals surface area contributed by atoms with E-state index in [1.165, 1.54) is 89.9 Å². The molecule has 0 aliphatic heterocycles. The third-order valence-corrected chi connectivity index (χ3v) is 19.4. The Labute approximate surface area is 633 Å². The van der Waals surface area contributed by atoms with Gasteiger partial charge in [-0.2, -0.15) is 0 Å². The van der Waals surface area contributed by atoms with Gasteiger partial charge in [-0.05, 0) is 122 Å². The summed E-state index contributed by atoms with van der Waals surface area (Å²) in [7, 11) is -9.96. The van der Waals surface area contributed by atoms with E-state index in [1.54, 1.807) is 0 Å². The van der Waals surface area contributed by atoms with Crippen LogP contribution < -0.4 is 0 Å². The van der Waals surface area contributed by atoms with E-state index >= 15 is 0 Å². The van der Waals surface area contributed by atoms with Gasteiger partial charge in [-0.3, -0.25) is 37.3 Å². The minimum Gasteiger partial charge on any atom is -0.462 e. The number of unbranched alkanes of at least 4 members (excludes halogenated alkanes) is 36. The minimum absolute atomic E-state index is 0.0806. The maximum Gasteiger partial charge on any atom is 0.472 e. The van der Waals surface area contributed by atoms with Crippen LogP contribution in [0.1, 0.15) is 362 Å². The van der Waals surface area contributed by atoms with Crippen molar-refractivity contribution in [1.82, 2.24) is 0 Å². The van der Waals surface area contributed by atoms with Crippen LogP contribution in [0, 0.1) is 0 Å². The number of esters is 4. The van der Waals surface area contributed by atoms with E-state index in [9.17, 15) is 43.2 Å². The Hall–Kier alpha value is -4.02. The molecule has 0 spiro atoms. The SMILES string of the molecule is CC/C=C\C/C=C\C/C=C\CCCCCCCCCC(=O)OC(COC(=O)CCCCCCCC/C=C\C/C=C\C/C=C\CCCCC)COP(=O)(O)OCC(O)COP(=O)(O)OCC(COC(=O)CCCCCCCCCCCCCCCCC)OC(=O)CCCCCCC/C=C\C/C=C\CCC. The second-order valence-corrected chi connectivity index (χ2v) is 30.6. The molecule has 0 aliphatic rings. The first-order valence-electron chi connectivity index (χ1n) is 41.5. The van der Waals surface area contributed by atoms with Crippen molar-refractivity contribution in [2.24, 2.45) is 0 Å². The summed E-state index contributed by atoms with van der Waals surface area (Å²) in [5.74, 6) is -2.19. The van der Waals surface area contributed by atoms with Gasteiger partial charge in [0.25, 0.3) is 0 Å². The molecule has 0 saturated carbocycles. The monoisotopic (exact) mass is 1510 g/mol. The molecule has 0 saturated heterocycles. The van der Waals surface area contributed by atoms with Crippen molar-refractivity contribution in [3.63, 3.8) is 0 Å². The summed E-state index contributed by atoms with van der Waals surface area (Å²) in [6, 6.07) is 0. The Bertz CT molecular complexity index is 2350. The lowest BCUT2D eigenvalue weighted by Gasteiger charge is -2.21. The van der Waals surface area contributed by atoms with Crippen molar-refractivity contribution >= 4 is 39.5 Å². The lowest BCUT2D eigenvalue weighted by atomic mass is 10.0. The van der Waals surface area contributed by atoms with E-state index in [1.807, 2.05) is 0 Å². The van der Waals surface area contributed by atoms with Gasteiger partial charge in [0.05, 0.1) is 26.4 Å². The summed E-state index contributed by atoms with van der Waals surface area (Å²) in [6.07, 6.45) is 82.3. The average Bonchev–Trinajstić information content (AvgIpc) is 0.917. The highest BCUT2D eigenvalue weighted by Gasteiger charge is 2.30. The first-order chi connectivity index (χ1) is 50.7. The van der Waals surface area contributed by atoms with Crippen molar-refractivity contribution < 1.29 is 80.2 Å². The fourth-order valence-corrected chi connectivity index (χ4v) is 12.8. The molecule has 0 rings (SSSR count). The van der Waals surface area contributed by atoms with Crippen molar-refractivity contribution in [3.8, 4) is 0 Å². The quantitative estimate of drug-likeness (QED) is 0.0169. The van der Waals surface area contributed by atoms with Gasteiger partial charge in [0, 0.05) is 25.7 Å². The van der Waals surface area contributed by atoms with Crippen LogP contribution in [0.25, 0.3) is 0 Å². The maximum absolute atomic E-state index is 13.1. The summed E-state index contributed by atoms with van der Waals surface area (Å²) in [4.78, 5) is 73.1. The van der Waals surface area contributed by atoms with Crippen molar-refractivity contribution in [2.75, 3.05) is 39.6 Å². The summed E-state index contributed by atoms with van der Waals surface area (Å²) in [5, 5.41) is 10.7. The van der Waals surface area contributed by atoms with Crippen molar-refractivity contribution in [3.05, 3.63) is 97.2 Å². The molecule has 19 heteroatoms. The molecule has 0 heterocycles. The topological polar surface area (TPSA) is 237 Å². The Kier molecular flexibility index (Phi) is 74.2. The molecule has 0 aliphatic carbocycles. The Balaban J connectivity index is 5.36. The van der Waals surface area contributed by atoms with Crippen LogP contribution >= 0.6 is 15.6 Å². The standard InChI is InChI=1S/C85H150O17P2/c1-5-9-13-17-21-25-29-33-36-38-39-41-43-47-50-54-58-62-66-70-83(88)96-76-81(102-85(90)72-68-64-60-56-52-48-44-40-37-34-30-26-22-18-14-10-6-2)78-100-104(93,94)98-74-79(86)73-97-103(91,92)99-77-80(101-84(89)71-67-63-59-55-51-45-32-28-24-20-16-12-8-4)75-95-82(87)69-65-61-57-53-49-46-42-35-31-27-23-19-15-11-7-3/h10,14,16,20-22,25-26,28,32-34,36-37,39,41,79-81,86H,5-9,11-13,15,17-19,23-24,27,29-31,35,38,40,42-78H2,1-4H3,(H,91,92)(H,93,94)/b14-10-,20-16-,25-21-,26-22-,32-28-,36-33-,37-34-,41-39-. The number of phosphoric ester groups is 2. The predicted octanol–water partition coefficient (Wildman–Crippen LogP) is 24.3. The highest BCUT2D eigenvalue weighted by Crippen LogP contribution is 2.45. The van der Waals surface area contributed by atoms with Crippen molar-refractivity contribution in [1.29, 1.82) is 0 Å². The van der Waals surface area contributed by atoms with Crippen LogP contribution in [0.2, 0.25) is 0 Å². The van der Waals surface area contributed by atoms with E-state index < -0.39 is 97.5 Å². The minimum atomic E-state index is -4.98. The van der Waals surface area contributed by atoms with Crippen LogP contribution in [-0.2, 0) is 65.4 Å². The lowest BCUT2D eigenvalue weighted by Crippen LogP contribution is -2.30. The van der Waals surface area contributed by atoms with Crippen LogP contribution in [-0.4, -0.2) is 96.7 Å². The molecule has 104 heavy (non-hydrogen) atoms. The van der Waals surface area contributed by atoms with E-state index in [0.29, 0.717) is 25.7 Å². The summed E-state index contributed by atoms with van der Waals surface area (Å²) < 4.78 is 68.7. The van der Waals surface area contributed by atoms with Gasteiger partial charge in [0.2, 0.25) is 0 Å². The number of aliphatic hydroxyl groups is 1. The molecule has 17 nitrogen and oxygen atoms in total. The first kappa shape index (κ1) is 100.0. The third-order valence-electron chi connectivity index (χ3n) is 17.5. The molecule has 0 aromatic rings. The number of allylic oxidation sites excluding steroid dienone is 16. The van der Waals surface area contributed by atoms with E-state index in [2.05, 4.69) is 125 Å². The second kappa shape index (κ2) is 77.1. The highest BCUT2D eigenvalue weighted by atomic mass is 31.2. The molecule has 0 aromatic carbocycles. The number of carbonyl (C=O) groups excluding carboxylic acids is 4. The number of aliphatic hydroxyl groups excluding tert-OH is 1. The van der Waals surface area contributed by atoms with Crippen LogP contribution in [0.4, 0.5) is 0 Å². The van der Waals surface area contributed by atoms with Crippen molar-refractivity contribution in [2.45, 2.75) is 380 Å². The number of carbonyl (C=O) groups is 4. The number of phosphoric acid groups is 2. The first-order valence-corrected chi connectivity index (χ1v) is 44.5. The van der Waals surface area contributed by atoms with Gasteiger partial charge in [0.15, 0.2) is 12.2 Å². The average molecular weight is 1510 g/mol. The zero-order valence-corrected chi connectivity index (χ0v) is 67.7. The van der Waals surface area contributed by atoms with Gasteiger partial charge >= 0.3 is 39.5 Å². The van der Waals surface area contributed by atoms with Gasteiger partial charge in [0.1, 0.15) is 19.3 Å². The Morgan fingerprint density at radius 3 is 0.827 bits per heavy atom. The van der Waals surface area contributed by atoms with Gasteiger partial charge in [-0.1, -0.05) is 311 Å². The zero-order chi connectivity index (χ0) is 76.0. The molecule has 0 bridgehead atoms. The van der Waals surface area contributed by atoms with Crippen LogP contribution in [0.15, 0.2) is 97.2 Å². The molecule has 602 valence electrons. The van der Waals surface area contributed by atoms with E-state index in [-0.39, 0.29) is 25.7 Å². The van der Waals surface area contributed by atoms with Gasteiger partial charge in [-0.15, -0.1) is 0 Å². The number of hydrogen-bond donors (Lipinski definition) is 3. The number of ether oxygens (including phenoxy) is 4. The molecular weight excluding hydrogens is 1350 g/mol. The normalized spacial score (nSPS) is 14.3. The van der Waals surface area contributed by atoms with Gasteiger partial charge < -0.3 is 33.8 Å². The van der Waals surface area contributed by atoms with Crippen LogP contribution in [0.5, 0.6) is 0 Å². The van der Waals surface area contributed by atoms with E-state index in [4.69, 9.17) is 37.0 Å². The Morgan fingerprint density at radius 1 is 0.279 bits per heavy atom. The van der Waals surface area contributed by atoms with Gasteiger partial charge in [-0.25, -0.2) is 9.13 Å². The summed E-state index contributed by atoms with van der Waals surface area (Å²) >= 11 is 0. The molecular formula is C85H150O17P2. The van der Waals surface area contributed by atoms with Crippen LogP contribution in [0.3, 0.4) is 0 Å². The molecule has 0 amide bonds. The molecule has 0 fully saturated rings. The smallest absolute Gasteiger partial charge is 0.462 e. The Morgan fingerprint density at radius 2 is 0.519 bits per heavy atom. The molecule has 5 atom stereocenters. The van der Waals surface area contributed by atoms with E-state index in [0.717, 1.165) is 193 Å². The molecule has 5 unspecified atom stereocenters.